The number of aromatic nitrogens is 2. The van der Waals surface area contributed by atoms with Gasteiger partial charge in [0.2, 0.25) is 5.91 Å². The Balaban J connectivity index is 1.47. The molecule has 0 spiro atoms. The quantitative estimate of drug-likeness (QED) is 0.450. The Labute approximate surface area is 201 Å². The molecule has 6 nitrogen and oxygen atoms in total. The van der Waals surface area contributed by atoms with Gasteiger partial charge in [-0.15, -0.1) is 0 Å². The van der Waals surface area contributed by atoms with E-state index >= 15 is 0 Å². The molecule has 35 heavy (non-hydrogen) atoms. The lowest BCUT2D eigenvalue weighted by Gasteiger charge is -2.20. The van der Waals surface area contributed by atoms with Crippen molar-refractivity contribution in [1.29, 1.82) is 0 Å². The van der Waals surface area contributed by atoms with Crippen LogP contribution in [-0.4, -0.2) is 28.5 Å². The number of carbonyl (C=O) groups is 1. The highest BCUT2D eigenvalue weighted by atomic mass is 19.4. The summed E-state index contributed by atoms with van der Waals surface area (Å²) in [6, 6.07) is 10.7. The lowest BCUT2D eigenvalue weighted by Crippen LogP contribution is -2.35. The molecule has 1 aliphatic heterocycles. The van der Waals surface area contributed by atoms with Crippen molar-refractivity contribution in [3.63, 3.8) is 0 Å². The van der Waals surface area contributed by atoms with Gasteiger partial charge in [0.1, 0.15) is 12.1 Å². The van der Waals surface area contributed by atoms with Gasteiger partial charge >= 0.3 is 6.18 Å². The molecule has 2 aromatic carbocycles. The second-order valence-corrected chi connectivity index (χ2v) is 8.96. The number of amides is 1. The number of rotatable bonds is 5. The molecule has 0 saturated carbocycles. The van der Waals surface area contributed by atoms with E-state index in [0.29, 0.717) is 30.0 Å². The number of hydrogen-bond donors (Lipinski definition) is 3. The Morgan fingerprint density at radius 2 is 1.86 bits per heavy atom. The number of alkyl halides is 3. The molecule has 5 rings (SSSR count). The molecule has 182 valence electrons. The molecule has 1 saturated heterocycles. The zero-order valence-corrected chi connectivity index (χ0v) is 19.1. The van der Waals surface area contributed by atoms with E-state index < -0.39 is 17.8 Å². The first-order valence-corrected chi connectivity index (χ1v) is 11.8. The summed E-state index contributed by atoms with van der Waals surface area (Å²) in [6.07, 6.45) is 2.66. The Morgan fingerprint density at radius 3 is 2.66 bits per heavy atom. The van der Waals surface area contributed by atoms with Crippen molar-refractivity contribution >= 4 is 23.1 Å². The summed E-state index contributed by atoms with van der Waals surface area (Å²) in [4.78, 5) is 21.3. The molecule has 1 amide bonds. The molecule has 1 atom stereocenters. The predicted molar refractivity (Wildman–Crippen MR) is 128 cm³/mol. The summed E-state index contributed by atoms with van der Waals surface area (Å²) in [5.41, 5.74) is 3.61. The minimum Gasteiger partial charge on any atom is -0.340 e. The normalized spacial score (nSPS) is 17.6. The summed E-state index contributed by atoms with van der Waals surface area (Å²) >= 11 is 0. The first kappa shape index (κ1) is 23.3. The molecular weight excluding hydrogens is 455 g/mol. The van der Waals surface area contributed by atoms with E-state index in [4.69, 9.17) is 0 Å². The van der Waals surface area contributed by atoms with Gasteiger partial charge < -0.3 is 16.0 Å². The van der Waals surface area contributed by atoms with Crippen LogP contribution >= 0.6 is 0 Å². The molecule has 2 aliphatic rings. The maximum atomic E-state index is 13.4. The van der Waals surface area contributed by atoms with E-state index in [1.54, 1.807) is 6.07 Å². The van der Waals surface area contributed by atoms with Crippen molar-refractivity contribution in [2.75, 3.05) is 17.2 Å². The molecule has 1 aliphatic carbocycles. The van der Waals surface area contributed by atoms with Gasteiger partial charge in [-0.1, -0.05) is 18.2 Å². The highest BCUT2D eigenvalue weighted by Crippen LogP contribution is 2.36. The van der Waals surface area contributed by atoms with Crippen molar-refractivity contribution in [1.82, 2.24) is 15.3 Å². The maximum absolute atomic E-state index is 13.4. The van der Waals surface area contributed by atoms with Gasteiger partial charge in [0, 0.05) is 17.3 Å². The first-order chi connectivity index (χ1) is 16.9. The number of fused-ring (bicyclic) bond motifs is 1. The Kier molecular flexibility index (Phi) is 6.42. The molecule has 3 N–H and O–H groups in total. The second-order valence-electron chi connectivity index (χ2n) is 8.96. The minimum atomic E-state index is -4.53. The smallest absolute Gasteiger partial charge is 0.340 e. The van der Waals surface area contributed by atoms with Crippen LogP contribution in [0.5, 0.6) is 0 Å². The Morgan fingerprint density at radius 1 is 1.00 bits per heavy atom. The highest BCUT2D eigenvalue weighted by Gasteiger charge is 2.32. The molecule has 0 radical (unpaired) electrons. The van der Waals surface area contributed by atoms with Crippen LogP contribution in [0.1, 0.15) is 42.4 Å². The molecule has 1 fully saturated rings. The van der Waals surface area contributed by atoms with Crippen molar-refractivity contribution in [2.24, 2.45) is 0 Å². The van der Waals surface area contributed by atoms with E-state index in [1.807, 2.05) is 12.1 Å². The average molecular weight is 482 g/mol. The maximum Gasteiger partial charge on any atom is 0.416 e. The molecule has 3 aromatic rings. The van der Waals surface area contributed by atoms with Crippen LogP contribution in [-0.2, 0) is 23.8 Å². The molecule has 0 bridgehead atoms. The van der Waals surface area contributed by atoms with Crippen molar-refractivity contribution in [3.8, 4) is 11.3 Å². The molecule has 1 aromatic heterocycles. The Hall–Kier alpha value is -3.46. The van der Waals surface area contributed by atoms with Crippen molar-refractivity contribution in [2.45, 2.75) is 50.7 Å². The van der Waals surface area contributed by atoms with Crippen LogP contribution in [0.3, 0.4) is 0 Å². The third kappa shape index (κ3) is 5.14. The zero-order chi connectivity index (χ0) is 24.4. The molecular formula is C26H26F3N5O. The predicted octanol–water partition coefficient (Wildman–Crippen LogP) is 5.48. The van der Waals surface area contributed by atoms with Crippen LogP contribution in [0, 0.1) is 0 Å². The van der Waals surface area contributed by atoms with Crippen LogP contribution in [0.25, 0.3) is 11.3 Å². The van der Waals surface area contributed by atoms with Crippen LogP contribution in [0.4, 0.5) is 30.4 Å². The minimum absolute atomic E-state index is 0.0697. The lowest BCUT2D eigenvalue weighted by atomic mass is 9.90. The van der Waals surface area contributed by atoms with Crippen LogP contribution < -0.4 is 16.0 Å². The van der Waals surface area contributed by atoms with Gasteiger partial charge in [-0.05, 0) is 74.4 Å². The number of hydrogen-bond acceptors (Lipinski definition) is 5. The number of anilines is 3. The number of aryl methyl sites for hydroxylation is 1. The van der Waals surface area contributed by atoms with E-state index in [0.717, 1.165) is 43.5 Å². The Bertz CT molecular complexity index is 1240. The van der Waals surface area contributed by atoms with Gasteiger partial charge in [-0.3, -0.25) is 4.79 Å². The largest absolute Gasteiger partial charge is 0.416 e. The van der Waals surface area contributed by atoms with Crippen molar-refractivity contribution < 1.29 is 18.0 Å². The van der Waals surface area contributed by atoms with Crippen LogP contribution in [0.2, 0.25) is 0 Å². The molecule has 2 heterocycles. The van der Waals surface area contributed by atoms with Crippen molar-refractivity contribution in [3.05, 3.63) is 65.5 Å². The number of nitrogens with zero attached hydrogens (tertiary/aromatic N) is 2. The van der Waals surface area contributed by atoms with Gasteiger partial charge in [-0.25, -0.2) is 9.97 Å². The zero-order valence-electron chi connectivity index (χ0n) is 19.1. The third-order valence-electron chi connectivity index (χ3n) is 6.58. The number of nitrogens with one attached hydrogen (secondary N) is 3. The van der Waals surface area contributed by atoms with Gasteiger partial charge in [0.25, 0.3) is 0 Å². The monoisotopic (exact) mass is 481 g/mol. The molecule has 1 unspecified atom stereocenters. The van der Waals surface area contributed by atoms with Gasteiger partial charge in [0.15, 0.2) is 0 Å². The summed E-state index contributed by atoms with van der Waals surface area (Å²) in [7, 11) is 0. The fraction of sp³-hybridized carbons (Fsp3) is 0.346. The highest BCUT2D eigenvalue weighted by molar-refractivity contribution is 5.98. The second kappa shape index (κ2) is 9.65. The van der Waals surface area contributed by atoms with E-state index in [-0.39, 0.29) is 11.6 Å². The molecule has 9 heteroatoms. The van der Waals surface area contributed by atoms with Crippen LogP contribution in [0.15, 0.2) is 48.8 Å². The van der Waals surface area contributed by atoms with Gasteiger partial charge in [-0.2, -0.15) is 13.2 Å². The topological polar surface area (TPSA) is 78.9 Å². The first-order valence-electron chi connectivity index (χ1n) is 11.8. The van der Waals surface area contributed by atoms with Gasteiger partial charge in [0.05, 0.1) is 23.0 Å². The average Bonchev–Trinajstić information content (AvgIpc) is 3.39. The summed E-state index contributed by atoms with van der Waals surface area (Å²) in [5, 5.41) is 9.12. The SMILES string of the molecule is O=C(Nc1cc(C(F)(F)F)ccc1-c1cc(Nc2cccc3c2CCCC3)ncn1)C1CCCN1. The van der Waals surface area contributed by atoms with E-state index in [9.17, 15) is 18.0 Å². The summed E-state index contributed by atoms with van der Waals surface area (Å²) in [6.45, 7) is 0.706. The standard InChI is InChI=1S/C26H26F3N5O/c27-26(28,29)17-10-11-19(23(13-17)34-25(35)21-9-4-12-30-21)22-14-24(32-15-31-22)33-20-8-3-6-16-5-1-2-7-18(16)20/h3,6,8,10-11,13-15,21,30H,1-2,4-5,7,9,12H2,(H,34,35)(H,31,32,33). The number of halogens is 3. The number of benzene rings is 2. The van der Waals surface area contributed by atoms with E-state index in [2.05, 4.69) is 32.0 Å². The van der Waals surface area contributed by atoms with E-state index in [1.165, 1.54) is 29.9 Å². The fourth-order valence-corrected chi connectivity index (χ4v) is 4.78. The summed E-state index contributed by atoms with van der Waals surface area (Å²) in [5.74, 6) is 0.176. The third-order valence-corrected chi connectivity index (χ3v) is 6.58. The summed E-state index contributed by atoms with van der Waals surface area (Å²) < 4.78 is 40.3. The number of carbonyl (C=O) groups excluding carboxylic acids is 1. The lowest BCUT2D eigenvalue weighted by molar-refractivity contribution is -0.137. The fourth-order valence-electron chi connectivity index (χ4n) is 4.78.